The molecule has 0 spiro atoms. The number of rotatable bonds is 5. The van der Waals surface area contributed by atoms with E-state index in [4.69, 9.17) is 10.6 Å². The van der Waals surface area contributed by atoms with Crippen molar-refractivity contribution in [3.63, 3.8) is 0 Å². The molecule has 0 saturated heterocycles. The van der Waals surface area contributed by atoms with Crippen LogP contribution in [0.15, 0.2) is 42.7 Å². The third-order valence-corrected chi connectivity index (χ3v) is 2.90. The number of aromatic nitrogens is 1. The average molecular weight is 261 g/mol. The van der Waals surface area contributed by atoms with Crippen LogP contribution >= 0.6 is 0 Å². The number of hydrogen-bond acceptors (Lipinski definition) is 4. The highest BCUT2D eigenvalue weighted by Gasteiger charge is 2.12. The van der Waals surface area contributed by atoms with Crippen molar-refractivity contribution >= 4 is 0 Å². The maximum absolute atomic E-state index is 13.2. The molecule has 19 heavy (non-hydrogen) atoms. The van der Waals surface area contributed by atoms with E-state index in [2.05, 4.69) is 10.4 Å². The van der Waals surface area contributed by atoms with Gasteiger partial charge in [-0.2, -0.15) is 0 Å². The van der Waals surface area contributed by atoms with Gasteiger partial charge in [0.15, 0.2) is 0 Å². The van der Waals surface area contributed by atoms with E-state index in [0.29, 0.717) is 12.0 Å². The molecule has 5 heteroatoms. The largest absolute Gasteiger partial charge is 0.497 e. The van der Waals surface area contributed by atoms with Crippen LogP contribution in [-0.4, -0.2) is 12.1 Å². The van der Waals surface area contributed by atoms with Gasteiger partial charge in [-0.15, -0.1) is 0 Å². The first kappa shape index (κ1) is 13.5. The topological polar surface area (TPSA) is 60.2 Å². The van der Waals surface area contributed by atoms with Crippen LogP contribution in [0.4, 0.5) is 4.39 Å². The van der Waals surface area contributed by atoms with E-state index in [1.807, 2.05) is 24.3 Å². The van der Waals surface area contributed by atoms with E-state index in [-0.39, 0.29) is 11.9 Å². The Morgan fingerprint density at radius 1 is 1.37 bits per heavy atom. The Morgan fingerprint density at radius 2 is 2.21 bits per heavy atom. The summed E-state index contributed by atoms with van der Waals surface area (Å²) in [4.78, 5) is 3.83. The lowest BCUT2D eigenvalue weighted by Gasteiger charge is -2.16. The first-order chi connectivity index (χ1) is 9.22. The van der Waals surface area contributed by atoms with Crippen molar-refractivity contribution in [2.24, 2.45) is 5.84 Å². The van der Waals surface area contributed by atoms with E-state index in [1.165, 1.54) is 12.3 Å². The molecule has 0 amide bonds. The fraction of sp³-hybridized carbons (Fsp3) is 0.214. The zero-order chi connectivity index (χ0) is 13.7. The van der Waals surface area contributed by atoms with E-state index >= 15 is 0 Å². The van der Waals surface area contributed by atoms with Gasteiger partial charge in [0.1, 0.15) is 11.6 Å². The number of nitrogens with two attached hydrogens (primary N) is 1. The van der Waals surface area contributed by atoms with Gasteiger partial charge in [0.2, 0.25) is 0 Å². The van der Waals surface area contributed by atoms with Gasteiger partial charge in [-0.3, -0.25) is 16.3 Å². The molecular formula is C14H16FN3O. The molecule has 0 fully saturated rings. The number of pyridine rings is 1. The first-order valence-corrected chi connectivity index (χ1v) is 5.92. The minimum atomic E-state index is -0.372. The molecular weight excluding hydrogens is 245 g/mol. The predicted molar refractivity (Wildman–Crippen MR) is 71.0 cm³/mol. The van der Waals surface area contributed by atoms with Crippen molar-refractivity contribution in [1.82, 2.24) is 10.4 Å². The number of hydrazine groups is 1. The Labute approximate surface area is 111 Å². The maximum atomic E-state index is 13.2. The van der Waals surface area contributed by atoms with Crippen LogP contribution in [0, 0.1) is 5.82 Å². The van der Waals surface area contributed by atoms with Gasteiger partial charge in [0.05, 0.1) is 19.3 Å². The number of ether oxygens (including phenoxy) is 1. The summed E-state index contributed by atoms with van der Waals surface area (Å²) in [6.07, 6.45) is 3.40. The van der Waals surface area contributed by atoms with Gasteiger partial charge in [-0.25, -0.2) is 4.39 Å². The number of nitrogens with zero attached hydrogens (tertiary/aromatic N) is 1. The second-order valence-electron chi connectivity index (χ2n) is 4.21. The molecule has 2 rings (SSSR count). The van der Waals surface area contributed by atoms with Gasteiger partial charge in [-0.1, -0.05) is 12.1 Å². The van der Waals surface area contributed by atoms with Crippen LogP contribution in [0.1, 0.15) is 17.2 Å². The van der Waals surface area contributed by atoms with Gasteiger partial charge in [0.25, 0.3) is 0 Å². The van der Waals surface area contributed by atoms with Gasteiger partial charge in [-0.05, 0) is 35.7 Å². The molecule has 2 aromatic rings. The molecule has 1 aromatic heterocycles. The lowest BCUT2D eigenvalue weighted by atomic mass is 10.0. The summed E-state index contributed by atoms with van der Waals surface area (Å²) < 4.78 is 18.3. The van der Waals surface area contributed by atoms with Crippen molar-refractivity contribution in [2.45, 2.75) is 12.5 Å². The van der Waals surface area contributed by atoms with Crippen LogP contribution in [0.2, 0.25) is 0 Å². The molecule has 1 atom stereocenters. The minimum Gasteiger partial charge on any atom is -0.497 e. The van der Waals surface area contributed by atoms with Crippen LogP contribution in [0.25, 0.3) is 0 Å². The highest BCUT2D eigenvalue weighted by molar-refractivity contribution is 5.30. The Balaban J connectivity index is 2.18. The summed E-state index contributed by atoms with van der Waals surface area (Å²) in [5.74, 6) is 5.95. The van der Waals surface area contributed by atoms with Crippen molar-refractivity contribution in [3.8, 4) is 5.75 Å². The first-order valence-electron chi connectivity index (χ1n) is 5.92. The van der Waals surface area contributed by atoms with Gasteiger partial charge in [0, 0.05) is 6.20 Å². The highest BCUT2D eigenvalue weighted by atomic mass is 19.1. The third-order valence-electron chi connectivity index (χ3n) is 2.90. The molecule has 1 aromatic carbocycles. The molecule has 3 N–H and O–H groups in total. The molecule has 0 saturated carbocycles. The minimum absolute atomic E-state index is 0.199. The molecule has 0 aliphatic heterocycles. The third kappa shape index (κ3) is 3.49. The summed E-state index contributed by atoms with van der Waals surface area (Å²) in [6, 6.07) is 8.91. The van der Waals surface area contributed by atoms with Crippen LogP contribution < -0.4 is 16.0 Å². The van der Waals surface area contributed by atoms with Gasteiger partial charge < -0.3 is 4.74 Å². The molecule has 0 bridgehead atoms. The Hall–Kier alpha value is -1.98. The van der Waals surface area contributed by atoms with Crippen LogP contribution in [0.5, 0.6) is 5.75 Å². The number of halogens is 1. The monoisotopic (exact) mass is 261 g/mol. The molecule has 100 valence electrons. The lowest BCUT2D eigenvalue weighted by molar-refractivity contribution is 0.414. The Kier molecular flexibility index (Phi) is 4.43. The fourth-order valence-electron chi connectivity index (χ4n) is 1.93. The quantitative estimate of drug-likeness (QED) is 0.638. The normalized spacial score (nSPS) is 12.2. The number of methoxy groups -OCH3 is 1. The van der Waals surface area contributed by atoms with E-state index in [9.17, 15) is 4.39 Å². The molecule has 1 unspecified atom stereocenters. The second kappa shape index (κ2) is 6.26. The standard InChI is InChI=1S/C14H16FN3O/c1-19-13-4-2-3-10(5-13)6-14(18-16)11-7-12(15)9-17-8-11/h2-5,7-9,14,18H,6,16H2,1H3. The van der Waals surface area contributed by atoms with Crippen molar-refractivity contribution in [2.75, 3.05) is 7.11 Å². The van der Waals surface area contributed by atoms with E-state index in [1.54, 1.807) is 13.3 Å². The summed E-state index contributed by atoms with van der Waals surface area (Å²) in [5, 5.41) is 0. The number of hydrogen-bond donors (Lipinski definition) is 2. The van der Waals surface area contributed by atoms with E-state index < -0.39 is 0 Å². The highest BCUT2D eigenvalue weighted by Crippen LogP contribution is 2.20. The van der Waals surface area contributed by atoms with Crippen molar-refractivity contribution in [1.29, 1.82) is 0 Å². The number of nitrogens with one attached hydrogen (secondary N) is 1. The average Bonchev–Trinajstić information content (AvgIpc) is 2.45. The lowest BCUT2D eigenvalue weighted by Crippen LogP contribution is -2.29. The summed E-state index contributed by atoms with van der Waals surface area (Å²) >= 11 is 0. The number of benzene rings is 1. The zero-order valence-electron chi connectivity index (χ0n) is 10.6. The zero-order valence-corrected chi connectivity index (χ0v) is 10.6. The Morgan fingerprint density at radius 3 is 2.89 bits per heavy atom. The molecule has 0 aliphatic carbocycles. The fourth-order valence-corrected chi connectivity index (χ4v) is 1.93. The van der Waals surface area contributed by atoms with Crippen molar-refractivity contribution in [3.05, 3.63) is 59.7 Å². The molecule has 1 heterocycles. The maximum Gasteiger partial charge on any atom is 0.141 e. The molecule has 0 radical (unpaired) electrons. The molecule has 4 nitrogen and oxygen atoms in total. The van der Waals surface area contributed by atoms with Crippen molar-refractivity contribution < 1.29 is 9.13 Å². The summed E-state index contributed by atoms with van der Waals surface area (Å²) in [6.45, 7) is 0. The van der Waals surface area contributed by atoms with Gasteiger partial charge >= 0.3 is 0 Å². The summed E-state index contributed by atoms with van der Waals surface area (Å²) in [7, 11) is 1.62. The SMILES string of the molecule is COc1cccc(CC(NN)c2cncc(F)c2)c1. The van der Waals surface area contributed by atoms with Crippen LogP contribution in [0.3, 0.4) is 0 Å². The predicted octanol–water partition coefficient (Wildman–Crippen LogP) is 1.98. The smallest absolute Gasteiger partial charge is 0.141 e. The molecule has 0 aliphatic rings. The van der Waals surface area contributed by atoms with E-state index in [0.717, 1.165) is 11.3 Å². The second-order valence-corrected chi connectivity index (χ2v) is 4.21. The Bertz CT molecular complexity index is 548. The summed E-state index contributed by atoms with van der Waals surface area (Å²) in [5.41, 5.74) is 4.45. The van der Waals surface area contributed by atoms with Crippen LogP contribution in [-0.2, 0) is 6.42 Å².